The van der Waals surface area contributed by atoms with Gasteiger partial charge in [0, 0.05) is 5.69 Å². The number of hydrogen-bond donors (Lipinski definition) is 2. The lowest BCUT2D eigenvalue weighted by Gasteiger charge is -2.23. The Bertz CT molecular complexity index is 1300. The number of nitrogens with one attached hydrogen (secondary N) is 2. The van der Waals surface area contributed by atoms with Crippen LogP contribution in [0.2, 0.25) is 0 Å². The summed E-state index contributed by atoms with van der Waals surface area (Å²) < 4.78 is 5.80. The Morgan fingerprint density at radius 3 is 2.34 bits per heavy atom. The number of carbonyl (C=O) groups is 3. The third-order valence-electron chi connectivity index (χ3n) is 6.65. The molecule has 178 valence electrons. The monoisotopic (exact) mass is 469 g/mol. The number of ether oxygens (including phenoxy) is 1. The van der Waals surface area contributed by atoms with E-state index in [-0.39, 0.29) is 6.54 Å². The van der Waals surface area contributed by atoms with Crippen LogP contribution >= 0.6 is 0 Å². The van der Waals surface area contributed by atoms with Crippen molar-refractivity contribution in [2.24, 2.45) is 0 Å². The standard InChI is InChI=1S/C28H27N3O4/c1-18-6-12-23(13-7-18)35-24-14-10-22(11-15-24)29-25(32)17-31-26(33)28(2,30-27(31)34)21-9-8-19-4-3-5-20(19)16-21/h6-16H,3-5,17H2,1-2H3,(H,29,32)(H,30,34). The highest BCUT2D eigenvalue weighted by molar-refractivity contribution is 6.10. The van der Waals surface area contributed by atoms with E-state index in [1.165, 1.54) is 11.1 Å². The molecule has 2 N–H and O–H groups in total. The fourth-order valence-corrected chi connectivity index (χ4v) is 4.61. The summed E-state index contributed by atoms with van der Waals surface area (Å²) in [5.41, 5.74) is 3.75. The number of anilines is 1. The maximum atomic E-state index is 13.2. The summed E-state index contributed by atoms with van der Waals surface area (Å²) in [5.74, 6) is 0.458. The molecule has 1 fully saturated rings. The molecule has 1 aliphatic carbocycles. The van der Waals surface area contributed by atoms with E-state index in [0.29, 0.717) is 11.4 Å². The Hall–Kier alpha value is -4.13. The number of nitrogens with zero attached hydrogens (tertiary/aromatic N) is 1. The van der Waals surface area contributed by atoms with Gasteiger partial charge in [0.2, 0.25) is 5.91 Å². The largest absolute Gasteiger partial charge is 0.457 e. The minimum Gasteiger partial charge on any atom is -0.457 e. The molecule has 3 aromatic carbocycles. The lowest BCUT2D eigenvalue weighted by molar-refractivity contribution is -0.133. The highest BCUT2D eigenvalue weighted by Crippen LogP contribution is 2.32. The molecular weight excluding hydrogens is 442 g/mol. The summed E-state index contributed by atoms with van der Waals surface area (Å²) in [5, 5.41) is 5.52. The maximum Gasteiger partial charge on any atom is 0.325 e. The molecule has 2 aliphatic rings. The zero-order valence-electron chi connectivity index (χ0n) is 19.8. The molecule has 0 bridgehead atoms. The number of benzene rings is 3. The Morgan fingerprint density at radius 1 is 0.971 bits per heavy atom. The molecule has 1 saturated heterocycles. The first-order chi connectivity index (χ1) is 16.8. The quantitative estimate of drug-likeness (QED) is 0.513. The van der Waals surface area contributed by atoms with Gasteiger partial charge >= 0.3 is 6.03 Å². The van der Waals surface area contributed by atoms with Gasteiger partial charge in [0.1, 0.15) is 23.6 Å². The van der Waals surface area contributed by atoms with Gasteiger partial charge in [-0.3, -0.25) is 14.5 Å². The number of rotatable bonds is 6. The molecule has 0 spiro atoms. The molecule has 4 amide bonds. The van der Waals surface area contributed by atoms with Crippen molar-refractivity contribution in [3.8, 4) is 11.5 Å². The molecule has 35 heavy (non-hydrogen) atoms. The molecule has 1 aliphatic heterocycles. The molecule has 3 aromatic rings. The van der Waals surface area contributed by atoms with E-state index in [9.17, 15) is 14.4 Å². The second-order valence-corrected chi connectivity index (χ2v) is 9.27. The first-order valence-corrected chi connectivity index (χ1v) is 11.7. The fraction of sp³-hybridized carbons (Fsp3) is 0.250. The van der Waals surface area contributed by atoms with Gasteiger partial charge in [0.25, 0.3) is 5.91 Å². The molecule has 7 nitrogen and oxygen atoms in total. The van der Waals surface area contributed by atoms with Crippen LogP contribution < -0.4 is 15.4 Å². The number of fused-ring (bicyclic) bond motifs is 1. The van der Waals surface area contributed by atoms with E-state index in [2.05, 4.69) is 10.6 Å². The minimum absolute atomic E-state index is 0.368. The van der Waals surface area contributed by atoms with Crippen molar-refractivity contribution >= 4 is 23.5 Å². The summed E-state index contributed by atoms with van der Waals surface area (Å²) >= 11 is 0. The molecule has 0 aromatic heterocycles. The fourth-order valence-electron chi connectivity index (χ4n) is 4.61. The van der Waals surface area contributed by atoms with Gasteiger partial charge in [0.05, 0.1) is 0 Å². The van der Waals surface area contributed by atoms with Crippen molar-refractivity contribution in [1.29, 1.82) is 0 Å². The molecule has 5 rings (SSSR count). The zero-order valence-corrected chi connectivity index (χ0v) is 19.8. The van der Waals surface area contributed by atoms with Gasteiger partial charge in [-0.05, 0) is 86.2 Å². The predicted octanol–water partition coefficient (Wildman–Crippen LogP) is 4.68. The van der Waals surface area contributed by atoms with Crippen LogP contribution in [0.25, 0.3) is 0 Å². The predicted molar refractivity (Wildman–Crippen MR) is 132 cm³/mol. The van der Waals surface area contributed by atoms with Crippen LogP contribution in [0.3, 0.4) is 0 Å². The van der Waals surface area contributed by atoms with E-state index in [1.807, 2.05) is 49.4 Å². The first kappa shape index (κ1) is 22.7. The third-order valence-corrected chi connectivity index (χ3v) is 6.65. The van der Waals surface area contributed by atoms with Crippen LogP contribution in [0, 0.1) is 6.92 Å². The van der Waals surface area contributed by atoms with Gasteiger partial charge in [-0.25, -0.2) is 4.79 Å². The van der Waals surface area contributed by atoms with Crippen LogP contribution in [0.15, 0.2) is 66.7 Å². The number of amides is 4. The Labute approximate surface area is 204 Å². The lowest BCUT2D eigenvalue weighted by Crippen LogP contribution is -2.42. The summed E-state index contributed by atoms with van der Waals surface area (Å²) in [6, 6.07) is 20.0. The van der Waals surface area contributed by atoms with Gasteiger partial charge in [-0.15, -0.1) is 0 Å². The van der Waals surface area contributed by atoms with Crippen molar-refractivity contribution in [2.75, 3.05) is 11.9 Å². The topological polar surface area (TPSA) is 87.7 Å². The molecular formula is C28H27N3O4. The summed E-state index contributed by atoms with van der Waals surface area (Å²) in [7, 11) is 0. The minimum atomic E-state index is -1.19. The van der Waals surface area contributed by atoms with Crippen molar-refractivity contribution in [2.45, 2.75) is 38.6 Å². The summed E-state index contributed by atoms with van der Waals surface area (Å²) in [6.07, 6.45) is 3.11. The second kappa shape index (κ2) is 8.91. The summed E-state index contributed by atoms with van der Waals surface area (Å²) in [6.45, 7) is 3.33. The maximum absolute atomic E-state index is 13.2. The average molecular weight is 470 g/mol. The number of aryl methyl sites for hydroxylation is 3. The molecule has 0 saturated carbocycles. The van der Waals surface area contributed by atoms with Gasteiger partial charge in [0.15, 0.2) is 0 Å². The van der Waals surface area contributed by atoms with Crippen LogP contribution in [-0.2, 0) is 28.0 Å². The van der Waals surface area contributed by atoms with Crippen molar-refractivity contribution in [1.82, 2.24) is 10.2 Å². The van der Waals surface area contributed by atoms with Crippen molar-refractivity contribution < 1.29 is 19.1 Å². The third kappa shape index (κ3) is 4.49. The van der Waals surface area contributed by atoms with E-state index >= 15 is 0 Å². The lowest BCUT2D eigenvalue weighted by atomic mass is 9.89. The van der Waals surface area contributed by atoms with E-state index < -0.39 is 23.4 Å². The van der Waals surface area contributed by atoms with E-state index in [1.54, 1.807) is 31.2 Å². The second-order valence-electron chi connectivity index (χ2n) is 9.27. The number of urea groups is 1. The normalized spacial score (nSPS) is 18.9. The van der Waals surface area contributed by atoms with Gasteiger partial charge in [-0.1, -0.05) is 35.9 Å². The highest BCUT2D eigenvalue weighted by Gasteiger charge is 2.49. The van der Waals surface area contributed by atoms with Crippen LogP contribution in [0.4, 0.5) is 10.5 Å². The van der Waals surface area contributed by atoms with E-state index in [0.717, 1.165) is 41.0 Å². The average Bonchev–Trinajstić information content (AvgIpc) is 3.40. The molecule has 1 unspecified atom stereocenters. The van der Waals surface area contributed by atoms with Crippen molar-refractivity contribution in [3.63, 3.8) is 0 Å². The van der Waals surface area contributed by atoms with Crippen molar-refractivity contribution in [3.05, 3.63) is 89.0 Å². The molecule has 1 atom stereocenters. The SMILES string of the molecule is Cc1ccc(Oc2ccc(NC(=O)CN3C(=O)NC(C)(c4ccc5c(c4)CCC5)C3=O)cc2)cc1. The molecule has 1 heterocycles. The Morgan fingerprint density at radius 2 is 1.63 bits per heavy atom. The number of hydrogen-bond acceptors (Lipinski definition) is 4. The molecule has 7 heteroatoms. The number of carbonyl (C=O) groups excluding carboxylic acids is 3. The first-order valence-electron chi connectivity index (χ1n) is 11.7. The van der Waals surface area contributed by atoms with Crippen LogP contribution in [0.1, 0.15) is 35.6 Å². The van der Waals surface area contributed by atoms with E-state index in [4.69, 9.17) is 4.74 Å². The highest BCUT2D eigenvalue weighted by atomic mass is 16.5. The Kier molecular flexibility index (Phi) is 5.76. The molecule has 0 radical (unpaired) electrons. The zero-order chi connectivity index (χ0) is 24.6. The smallest absolute Gasteiger partial charge is 0.325 e. The van der Waals surface area contributed by atoms with Crippen LogP contribution in [-0.4, -0.2) is 29.3 Å². The summed E-state index contributed by atoms with van der Waals surface area (Å²) in [4.78, 5) is 39.5. The Balaban J connectivity index is 1.22. The van der Waals surface area contributed by atoms with Gasteiger partial charge in [-0.2, -0.15) is 0 Å². The number of imide groups is 1. The van der Waals surface area contributed by atoms with Gasteiger partial charge < -0.3 is 15.4 Å². The van der Waals surface area contributed by atoms with Crippen LogP contribution in [0.5, 0.6) is 11.5 Å².